The summed E-state index contributed by atoms with van der Waals surface area (Å²) >= 11 is 1.83. The van der Waals surface area contributed by atoms with Gasteiger partial charge in [0.25, 0.3) is 0 Å². The van der Waals surface area contributed by atoms with Crippen LogP contribution in [0.25, 0.3) is 0 Å². The molecule has 4 nitrogen and oxygen atoms in total. The molecule has 22 heavy (non-hydrogen) atoms. The molecule has 0 unspecified atom stereocenters. The van der Waals surface area contributed by atoms with Gasteiger partial charge in [-0.05, 0) is 42.0 Å². The van der Waals surface area contributed by atoms with Crippen molar-refractivity contribution in [1.82, 2.24) is 0 Å². The topological polar surface area (TPSA) is 61.7 Å². The zero-order chi connectivity index (χ0) is 15.8. The molecule has 0 heterocycles. The molecule has 0 saturated heterocycles. The lowest BCUT2D eigenvalue weighted by Gasteiger charge is -2.04. The van der Waals surface area contributed by atoms with Crippen molar-refractivity contribution in [2.24, 2.45) is 5.10 Å². The van der Waals surface area contributed by atoms with Crippen LogP contribution in [0.15, 0.2) is 58.5 Å². The SMILES string of the molecule is CCCSc1ccc(C=NNc2ccccc2C(=O)O)cc1. The molecular weight excluding hydrogens is 296 g/mol. The average Bonchev–Trinajstić information content (AvgIpc) is 2.54. The van der Waals surface area contributed by atoms with Crippen molar-refractivity contribution < 1.29 is 9.90 Å². The van der Waals surface area contributed by atoms with E-state index in [1.54, 1.807) is 30.5 Å². The maximum absolute atomic E-state index is 11.1. The van der Waals surface area contributed by atoms with E-state index in [9.17, 15) is 4.79 Å². The van der Waals surface area contributed by atoms with E-state index < -0.39 is 5.97 Å². The van der Waals surface area contributed by atoms with Crippen molar-refractivity contribution in [3.63, 3.8) is 0 Å². The smallest absolute Gasteiger partial charge is 0.337 e. The first-order chi connectivity index (χ1) is 10.7. The zero-order valence-corrected chi connectivity index (χ0v) is 13.1. The first-order valence-electron chi connectivity index (χ1n) is 7.05. The van der Waals surface area contributed by atoms with Gasteiger partial charge in [0, 0.05) is 4.90 Å². The Labute approximate surface area is 134 Å². The number of hydrogen-bond donors (Lipinski definition) is 2. The van der Waals surface area contributed by atoms with Crippen molar-refractivity contribution in [1.29, 1.82) is 0 Å². The molecule has 0 atom stereocenters. The quantitative estimate of drug-likeness (QED) is 0.453. The summed E-state index contributed by atoms with van der Waals surface area (Å²) in [5.41, 5.74) is 4.41. The van der Waals surface area contributed by atoms with E-state index in [-0.39, 0.29) is 5.56 Å². The second-order valence-corrected chi connectivity index (χ2v) is 5.81. The highest BCUT2D eigenvalue weighted by molar-refractivity contribution is 7.99. The lowest BCUT2D eigenvalue weighted by Crippen LogP contribution is -2.02. The van der Waals surface area contributed by atoms with Crippen LogP contribution >= 0.6 is 11.8 Å². The van der Waals surface area contributed by atoms with Crippen molar-refractivity contribution >= 4 is 29.6 Å². The molecule has 0 spiro atoms. The average molecular weight is 314 g/mol. The molecule has 0 bridgehead atoms. The molecule has 2 aromatic carbocycles. The number of anilines is 1. The Morgan fingerprint density at radius 1 is 1.23 bits per heavy atom. The van der Waals surface area contributed by atoms with Crippen LogP contribution in [0.4, 0.5) is 5.69 Å². The monoisotopic (exact) mass is 314 g/mol. The third kappa shape index (κ3) is 4.63. The Bertz CT molecular complexity index is 654. The van der Waals surface area contributed by atoms with Crippen LogP contribution in [-0.2, 0) is 0 Å². The van der Waals surface area contributed by atoms with Gasteiger partial charge < -0.3 is 5.11 Å². The molecular formula is C17H18N2O2S. The highest BCUT2D eigenvalue weighted by Gasteiger charge is 2.07. The number of nitrogens with one attached hydrogen (secondary N) is 1. The maximum Gasteiger partial charge on any atom is 0.337 e. The van der Waals surface area contributed by atoms with Gasteiger partial charge in [0.05, 0.1) is 17.5 Å². The van der Waals surface area contributed by atoms with Crippen LogP contribution in [0.3, 0.4) is 0 Å². The van der Waals surface area contributed by atoms with E-state index in [2.05, 4.69) is 29.6 Å². The van der Waals surface area contributed by atoms with Gasteiger partial charge in [-0.1, -0.05) is 31.2 Å². The number of rotatable bonds is 7. The van der Waals surface area contributed by atoms with E-state index in [1.165, 1.54) is 4.90 Å². The second kappa shape index (κ2) is 8.24. The fourth-order valence-corrected chi connectivity index (χ4v) is 2.58. The Morgan fingerprint density at radius 2 is 1.95 bits per heavy atom. The Kier molecular flexibility index (Phi) is 6.03. The summed E-state index contributed by atoms with van der Waals surface area (Å²) in [5, 5.41) is 13.2. The first-order valence-corrected chi connectivity index (χ1v) is 8.03. The Balaban J connectivity index is 1.99. The maximum atomic E-state index is 11.1. The Morgan fingerprint density at radius 3 is 2.64 bits per heavy atom. The third-order valence-corrected chi connectivity index (χ3v) is 4.13. The van der Waals surface area contributed by atoms with Crippen LogP contribution in [0.1, 0.15) is 29.3 Å². The molecule has 0 amide bonds. The number of hydrogen-bond acceptors (Lipinski definition) is 4. The summed E-state index contributed by atoms with van der Waals surface area (Å²) in [6, 6.07) is 14.8. The van der Waals surface area contributed by atoms with Gasteiger partial charge in [-0.2, -0.15) is 5.10 Å². The van der Waals surface area contributed by atoms with Gasteiger partial charge >= 0.3 is 5.97 Å². The molecule has 0 aliphatic rings. The molecule has 0 fully saturated rings. The molecule has 0 aromatic heterocycles. The fraction of sp³-hybridized carbons (Fsp3) is 0.176. The number of carboxylic acid groups (broad SMARTS) is 1. The van der Waals surface area contributed by atoms with E-state index in [4.69, 9.17) is 5.11 Å². The summed E-state index contributed by atoms with van der Waals surface area (Å²) < 4.78 is 0. The highest BCUT2D eigenvalue weighted by atomic mass is 32.2. The normalized spacial score (nSPS) is 10.8. The molecule has 0 radical (unpaired) electrons. The van der Waals surface area contributed by atoms with E-state index in [1.807, 2.05) is 23.9 Å². The number of carboxylic acids is 1. The summed E-state index contributed by atoms with van der Waals surface area (Å²) in [6.45, 7) is 2.16. The molecule has 2 N–H and O–H groups in total. The minimum Gasteiger partial charge on any atom is -0.478 e. The summed E-state index contributed by atoms with van der Waals surface area (Å²) in [4.78, 5) is 12.3. The van der Waals surface area contributed by atoms with Gasteiger partial charge in [0.2, 0.25) is 0 Å². The molecule has 0 aliphatic carbocycles. The van der Waals surface area contributed by atoms with Crippen molar-refractivity contribution in [2.75, 3.05) is 11.2 Å². The predicted molar refractivity (Wildman–Crippen MR) is 92.1 cm³/mol. The van der Waals surface area contributed by atoms with Gasteiger partial charge in [0.15, 0.2) is 0 Å². The van der Waals surface area contributed by atoms with E-state index >= 15 is 0 Å². The van der Waals surface area contributed by atoms with Gasteiger partial charge in [-0.15, -0.1) is 11.8 Å². The molecule has 0 aliphatic heterocycles. The van der Waals surface area contributed by atoms with Crippen LogP contribution < -0.4 is 5.43 Å². The predicted octanol–water partition coefficient (Wildman–Crippen LogP) is 4.33. The number of aromatic carboxylic acids is 1. The third-order valence-electron chi connectivity index (χ3n) is 2.91. The van der Waals surface area contributed by atoms with Gasteiger partial charge in [-0.3, -0.25) is 5.43 Å². The summed E-state index contributed by atoms with van der Waals surface area (Å²) in [7, 11) is 0. The Hall–Kier alpha value is -2.27. The number of benzene rings is 2. The standard InChI is InChI=1S/C17H18N2O2S/c1-2-11-22-14-9-7-13(8-10-14)12-18-19-16-6-4-3-5-15(16)17(20)21/h3-10,12,19H,2,11H2,1H3,(H,20,21). The van der Waals surface area contributed by atoms with Crippen LogP contribution in [0.5, 0.6) is 0 Å². The van der Waals surface area contributed by atoms with Crippen molar-refractivity contribution in [3.05, 3.63) is 59.7 Å². The minimum absolute atomic E-state index is 0.200. The van der Waals surface area contributed by atoms with Crippen LogP contribution in [0.2, 0.25) is 0 Å². The molecule has 114 valence electrons. The lowest BCUT2D eigenvalue weighted by atomic mass is 10.2. The summed E-state index contributed by atoms with van der Waals surface area (Å²) in [5.74, 6) is 0.136. The number of thioether (sulfide) groups is 1. The van der Waals surface area contributed by atoms with Gasteiger partial charge in [-0.25, -0.2) is 4.79 Å². The number of carbonyl (C=O) groups is 1. The largest absolute Gasteiger partial charge is 0.478 e. The fourth-order valence-electron chi connectivity index (χ4n) is 1.81. The van der Waals surface area contributed by atoms with E-state index in [0.29, 0.717) is 5.69 Å². The summed E-state index contributed by atoms with van der Waals surface area (Å²) in [6.07, 6.45) is 2.83. The zero-order valence-electron chi connectivity index (χ0n) is 12.3. The van der Waals surface area contributed by atoms with Crippen molar-refractivity contribution in [3.8, 4) is 0 Å². The van der Waals surface area contributed by atoms with Gasteiger partial charge in [0.1, 0.15) is 0 Å². The first kappa shape index (κ1) is 16.1. The lowest BCUT2D eigenvalue weighted by molar-refractivity contribution is 0.0698. The van der Waals surface area contributed by atoms with Crippen molar-refractivity contribution in [2.45, 2.75) is 18.2 Å². The van der Waals surface area contributed by atoms with E-state index in [0.717, 1.165) is 17.7 Å². The highest BCUT2D eigenvalue weighted by Crippen LogP contribution is 2.19. The molecule has 2 aromatic rings. The molecule has 2 rings (SSSR count). The molecule has 5 heteroatoms. The molecule has 0 saturated carbocycles. The van der Waals surface area contributed by atoms with Crippen LogP contribution in [-0.4, -0.2) is 23.0 Å². The number of para-hydroxylation sites is 1. The minimum atomic E-state index is -0.976. The number of nitrogens with zero attached hydrogens (tertiary/aromatic N) is 1. The second-order valence-electron chi connectivity index (χ2n) is 4.64. The van der Waals surface area contributed by atoms with Crippen LogP contribution in [0, 0.1) is 0 Å². The number of hydrazone groups is 1.